The summed E-state index contributed by atoms with van der Waals surface area (Å²) in [5.41, 5.74) is 1.28. The second-order valence-electron chi connectivity index (χ2n) is 4.49. The first-order chi connectivity index (χ1) is 9.61. The van der Waals surface area contributed by atoms with Gasteiger partial charge in [-0.25, -0.2) is 0 Å². The number of nitro groups is 1. The van der Waals surface area contributed by atoms with E-state index in [4.69, 9.17) is 5.11 Å². The maximum Gasteiger partial charge on any atom is 0.292 e. The minimum Gasteiger partial charge on any atom is -0.392 e. The van der Waals surface area contributed by atoms with E-state index in [2.05, 4.69) is 6.07 Å². The first-order valence-corrected chi connectivity index (χ1v) is 7.11. The minimum atomic E-state index is -0.391. The van der Waals surface area contributed by atoms with E-state index in [1.165, 1.54) is 10.9 Å². The van der Waals surface area contributed by atoms with Crippen LogP contribution in [-0.4, -0.2) is 23.6 Å². The normalized spacial score (nSPS) is 10.5. The number of hydrogen-bond acceptors (Lipinski definition) is 5. The Morgan fingerprint density at radius 3 is 2.80 bits per heavy atom. The highest BCUT2D eigenvalue weighted by molar-refractivity contribution is 7.09. The molecule has 0 amide bonds. The molecule has 5 nitrogen and oxygen atoms in total. The van der Waals surface area contributed by atoms with Crippen LogP contribution in [0.2, 0.25) is 0 Å². The Bertz CT molecular complexity index is 584. The van der Waals surface area contributed by atoms with Crippen LogP contribution in [0.5, 0.6) is 0 Å². The molecule has 0 radical (unpaired) electrons. The minimum absolute atomic E-state index is 0.0656. The summed E-state index contributed by atoms with van der Waals surface area (Å²) in [7, 11) is 1.83. The van der Waals surface area contributed by atoms with Crippen molar-refractivity contribution in [3.05, 3.63) is 56.3 Å². The topological polar surface area (TPSA) is 66.6 Å². The third-order valence-electron chi connectivity index (χ3n) is 3.10. The Morgan fingerprint density at radius 1 is 1.40 bits per heavy atom. The largest absolute Gasteiger partial charge is 0.392 e. The lowest BCUT2D eigenvalue weighted by molar-refractivity contribution is -0.384. The molecule has 0 spiro atoms. The average molecular weight is 292 g/mol. The van der Waals surface area contributed by atoms with Crippen LogP contribution in [0.4, 0.5) is 11.4 Å². The van der Waals surface area contributed by atoms with E-state index in [9.17, 15) is 10.1 Å². The molecular weight excluding hydrogens is 276 g/mol. The first-order valence-electron chi connectivity index (χ1n) is 6.23. The van der Waals surface area contributed by atoms with Gasteiger partial charge in [-0.1, -0.05) is 6.07 Å². The Kier molecular flexibility index (Phi) is 4.70. The number of aliphatic hydroxyl groups is 1. The van der Waals surface area contributed by atoms with Gasteiger partial charge in [0.2, 0.25) is 0 Å². The van der Waals surface area contributed by atoms with Gasteiger partial charge < -0.3 is 10.0 Å². The fraction of sp³-hybridized carbons (Fsp3) is 0.286. The smallest absolute Gasteiger partial charge is 0.292 e. The van der Waals surface area contributed by atoms with E-state index in [0.29, 0.717) is 17.8 Å². The van der Waals surface area contributed by atoms with Gasteiger partial charge in [-0.2, -0.15) is 0 Å². The van der Waals surface area contributed by atoms with Crippen LogP contribution in [0.15, 0.2) is 35.7 Å². The van der Waals surface area contributed by atoms with Crippen LogP contribution in [0, 0.1) is 10.1 Å². The standard InChI is InChI=1S/C14H16N2O3S/c1-15(7-6-12-3-2-8-20-12)14-9-11(10-17)4-5-13(14)16(18)19/h2-5,8-9,17H,6-7,10H2,1H3. The highest BCUT2D eigenvalue weighted by Crippen LogP contribution is 2.28. The molecule has 106 valence electrons. The molecule has 0 fully saturated rings. The van der Waals surface area contributed by atoms with Crippen LogP contribution >= 0.6 is 11.3 Å². The van der Waals surface area contributed by atoms with Crippen molar-refractivity contribution < 1.29 is 10.0 Å². The fourth-order valence-corrected chi connectivity index (χ4v) is 2.68. The lowest BCUT2D eigenvalue weighted by Gasteiger charge is -2.19. The van der Waals surface area contributed by atoms with Gasteiger partial charge >= 0.3 is 0 Å². The number of hydrogen-bond donors (Lipinski definition) is 1. The van der Waals surface area contributed by atoms with Crippen LogP contribution in [0.1, 0.15) is 10.4 Å². The average Bonchev–Trinajstić information content (AvgIpc) is 2.97. The Hall–Kier alpha value is -1.92. The summed E-state index contributed by atoms with van der Waals surface area (Å²) in [6.45, 7) is 0.569. The molecule has 2 rings (SSSR count). The molecule has 0 unspecified atom stereocenters. The summed E-state index contributed by atoms with van der Waals surface area (Å²) in [6, 6.07) is 8.75. The third kappa shape index (κ3) is 3.34. The molecule has 0 atom stereocenters. The van der Waals surface area contributed by atoms with Crippen molar-refractivity contribution in [2.45, 2.75) is 13.0 Å². The summed E-state index contributed by atoms with van der Waals surface area (Å²) >= 11 is 1.68. The van der Waals surface area contributed by atoms with Crippen LogP contribution in [-0.2, 0) is 13.0 Å². The zero-order valence-corrected chi connectivity index (χ0v) is 12.0. The first kappa shape index (κ1) is 14.5. The van der Waals surface area contributed by atoms with Gasteiger partial charge in [0.25, 0.3) is 5.69 Å². The van der Waals surface area contributed by atoms with Crippen molar-refractivity contribution in [2.24, 2.45) is 0 Å². The molecule has 1 N–H and O–H groups in total. The summed E-state index contributed by atoms with van der Waals surface area (Å²) in [5, 5.41) is 22.3. The Balaban J connectivity index is 2.18. The van der Waals surface area contributed by atoms with Crippen molar-refractivity contribution in [3.63, 3.8) is 0 Å². The SMILES string of the molecule is CN(CCc1cccs1)c1cc(CO)ccc1[N+](=O)[O-]. The van der Waals surface area contributed by atoms with E-state index in [1.54, 1.807) is 23.5 Å². The van der Waals surface area contributed by atoms with E-state index in [1.807, 2.05) is 23.4 Å². The maximum atomic E-state index is 11.1. The van der Waals surface area contributed by atoms with Gasteiger partial charge in [0.1, 0.15) is 5.69 Å². The van der Waals surface area contributed by atoms with Gasteiger partial charge in [-0.05, 0) is 35.6 Å². The third-order valence-corrected chi connectivity index (χ3v) is 4.04. The summed E-state index contributed by atoms with van der Waals surface area (Å²) in [6.07, 6.45) is 0.842. The highest BCUT2D eigenvalue weighted by atomic mass is 32.1. The molecule has 2 aromatic rings. The molecule has 0 saturated heterocycles. The number of aliphatic hydroxyl groups excluding tert-OH is 1. The number of nitro benzene ring substituents is 1. The van der Waals surface area contributed by atoms with Gasteiger partial charge in [-0.3, -0.25) is 10.1 Å². The van der Waals surface area contributed by atoms with Crippen molar-refractivity contribution in [1.82, 2.24) is 0 Å². The Labute approximate surface area is 121 Å². The van der Waals surface area contributed by atoms with E-state index in [0.717, 1.165) is 6.42 Å². The van der Waals surface area contributed by atoms with Gasteiger partial charge in [0, 0.05) is 24.5 Å². The van der Waals surface area contributed by atoms with Crippen molar-refractivity contribution in [2.75, 3.05) is 18.5 Å². The van der Waals surface area contributed by atoms with Gasteiger partial charge in [0.05, 0.1) is 11.5 Å². The summed E-state index contributed by atoms with van der Waals surface area (Å²) in [5.74, 6) is 0. The number of rotatable bonds is 6. The fourth-order valence-electron chi connectivity index (χ4n) is 1.98. The predicted molar refractivity (Wildman–Crippen MR) is 80.3 cm³/mol. The molecule has 0 aliphatic carbocycles. The lowest BCUT2D eigenvalue weighted by Crippen LogP contribution is -2.21. The monoisotopic (exact) mass is 292 g/mol. The maximum absolute atomic E-state index is 11.1. The molecule has 0 bridgehead atoms. The number of benzene rings is 1. The highest BCUT2D eigenvalue weighted by Gasteiger charge is 2.17. The molecule has 1 heterocycles. The van der Waals surface area contributed by atoms with E-state index >= 15 is 0 Å². The number of nitrogens with zero attached hydrogens (tertiary/aromatic N) is 2. The molecule has 6 heteroatoms. The number of thiophene rings is 1. The van der Waals surface area contributed by atoms with E-state index < -0.39 is 4.92 Å². The molecule has 1 aromatic carbocycles. The van der Waals surface area contributed by atoms with Crippen molar-refractivity contribution in [3.8, 4) is 0 Å². The zero-order valence-electron chi connectivity index (χ0n) is 11.2. The van der Waals surface area contributed by atoms with Gasteiger partial charge in [0.15, 0.2) is 0 Å². The second-order valence-corrected chi connectivity index (χ2v) is 5.52. The zero-order chi connectivity index (χ0) is 14.5. The molecule has 0 aliphatic heterocycles. The predicted octanol–water partition coefficient (Wildman–Crippen LogP) is 2.83. The Morgan fingerprint density at radius 2 is 2.20 bits per heavy atom. The molecular formula is C14H16N2O3S. The summed E-state index contributed by atoms with van der Waals surface area (Å²) < 4.78 is 0. The summed E-state index contributed by atoms with van der Waals surface area (Å²) in [4.78, 5) is 13.8. The van der Waals surface area contributed by atoms with Crippen LogP contribution in [0.3, 0.4) is 0 Å². The molecule has 20 heavy (non-hydrogen) atoms. The lowest BCUT2D eigenvalue weighted by atomic mass is 10.1. The number of anilines is 1. The van der Waals surface area contributed by atoms with Crippen LogP contribution < -0.4 is 4.90 Å². The van der Waals surface area contributed by atoms with Gasteiger partial charge in [-0.15, -0.1) is 11.3 Å². The van der Waals surface area contributed by atoms with Crippen LogP contribution in [0.25, 0.3) is 0 Å². The molecule has 1 aromatic heterocycles. The van der Waals surface area contributed by atoms with E-state index in [-0.39, 0.29) is 12.3 Å². The van der Waals surface area contributed by atoms with Crippen molar-refractivity contribution in [1.29, 1.82) is 0 Å². The van der Waals surface area contributed by atoms with Crippen molar-refractivity contribution >= 4 is 22.7 Å². The second kappa shape index (κ2) is 6.49. The molecule has 0 aliphatic rings. The number of likely N-dealkylation sites (N-methyl/N-ethyl adjacent to an activating group) is 1. The molecule has 0 saturated carbocycles. The quantitative estimate of drug-likeness (QED) is 0.656.